The predicted octanol–water partition coefficient (Wildman–Crippen LogP) is 4.53. The van der Waals surface area contributed by atoms with Gasteiger partial charge in [0.15, 0.2) is 11.5 Å². The molecule has 1 atom stereocenters. The van der Waals surface area contributed by atoms with Gasteiger partial charge in [0.05, 0.1) is 14.2 Å². The molecular weight excluding hydrogens is 274 g/mol. The van der Waals surface area contributed by atoms with Crippen LogP contribution in [-0.2, 0) is 0 Å². The second-order valence-corrected chi connectivity index (χ2v) is 4.92. The zero-order chi connectivity index (χ0) is 14.5. The molecule has 0 aromatic heterocycles. The molecule has 1 N–H and O–H groups in total. The maximum Gasteiger partial charge on any atom is 0.162 e. The van der Waals surface area contributed by atoms with E-state index in [1.54, 1.807) is 14.2 Å². The Kier molecular flexibility index (Phi) is 4.74. The molecule has 4 heteroatoms. The molecule has 0 fully saturated rings. The summed E-state index contributed by atoms with van der Waals surface area (Å²) in [6, 6.07) is 13.8. The van der Waals surface area contributed by atoms with Crippen LogP contribution in [0.4, 0.5) is 5.69 Å². The van der Waals surface area contributed by atoms with Gasteiger partial charge in [0, 0.05) is 22.8 Å². The lowest BCUT2D eigenvalue weighted by Crippen LogP contribution is -2.06. The summed E-state index contributed by atoms with van der Waals surface area (Å²) in [5.41, 5.74) is 2.15. The van der Waals surface area contributed by atoms with Gasteiger partial charge in [0.2, 0.25) is 0 Å². The molecule has 0 spiro atoms. The van der Waals surface area contributed by atoms with Crippen molar-refractivity contribution in [1.82, 2.24) is 0 Å². The minimum absolute atomic E-state index is 0.172. The molecule has 0 aliphatic rings. The predicted molar refractivity (Wildman–Crippen MR) is 83.0 cm³/mol. The Labute approximate surface area is 124 Å². The van der Waals surface area contributed by atoms with E-state index >= 15 is 0 Å². The Morgan fingerprint density at radius 2 is 1.60 bits per heavy atom. The van der Waals surface area contributed by atoms with Crippen molar-refractivity contribution in [2.75, 3.05) is 19.5 Å². The molecule has 106 valence electrons. The number of hydrogen-bond donors (Lipinski definition) is 1. The van der Waals surface area contributed by atoms with Crippen LogP contribution in [0.15, 0.2) is 42.5 Å². The second-order valence-electron chi connectivity index (χ2n) is 4.49. The highest BCUT2D eigenvalue weighted by Gasteiger charge is 2.08. The van der Waals surface area contributed by atoms with Crippen LogP contribution >= 0.6 is 11.6 Å². The third kappa shape index (κ3) is 3.36. The molecule has 0 saturated heterocycles. The maximum absolute atomic E-state index is 5.90. The first-order chi connectivity index (χ1) is 9.63. The molecule has 20 heavy (non-hydrogen) atoms. The van der Waals surface area contributed by atoms with Crippen LogP contribution in [0.2, 0.25) is 5.02 Å². The molecule has 0 bridgehead atoms. The zero-order valence-corrected chi connectivity index (χ0v) is 12.6. The van der Waals surface area contributed by atoms with Gasteiger partial charge in [0.25, 0.3) is 0 Å². The van der Waals surface area contributed by atoms with Gasteiger partial charge in [-0.2, -0.15) is 0 Å². The average Bonchev–Trinajstić information content (AvgIpc) is 2.47. The normalized spacial score (nSPS) is 11.8. The number of halogens is 1. The van der Waals surface area contributed by atoms with Gasteiger partial charge < -0.3 is 14.8 Å². The molecule has 0 aliphatic heterocycles. The summed E-state index contributed by atoms with van der Waals surface area (Å²) in [4.78, 5) is 0. The van der Waals surface area contributed by atoms with Crippen LogP contribution in [0.1, 0.15) is 18.5 Å². The molecule has 1 unspecified atom stereocenters. The summed E-state index contributed by atoms with van der Waals surface area (Å²) < 4.78 is 10.5. The maximum atomic E-state index is 5.90. The monoisotopic (exact) mass is 291 g/mol. The van der Waals surface area contributed by atoms with Crippen molar-refractivity contribution in [3.05, 3.63) is 53.1 Å². The van der Waals surface area contributed by atoms with Gasteiger partial charge in [-0.15, -0.1) is 0 Å². The topological polar surface area (TPSA) is 30.5 Å². The Hall–Kier alpha value is -1.87. The molecule has 2 aromatic carbocycles. The lowest BCUT2D eigenvalue weighted by Gasteiger charge is -2.17. The Bertz CT molecular complexity index is 569. The summed E-state index contributed by atoms with van der Waals surface area (Å²) in [7, 11) is 3.26. The van der Waals surface area contributed by atoms with E-state index in [0.717, 1.165) is 16.5 Å². The first kappa shape index (κ1) is 14.5. The fourth-order valence-corrected chi connectivity index (χ4v) is 2.14. The number of anilines is 1. The van der Waals surface area contributed by atoms with E-state index in [-0.39, 0.29) is 6.04 Å². The van der Waals surface area contributed by atoms with E-state index in [2.05, 4.69) is 12.2 Å². The van der Waals surface area contributed by atoms with E-state index in [1.165, 1.54) is 5.56 Å². The number of ether oxygens (including phenoxy) is 2. The standard InChI is InChI=1S/C16H18ClNO2/c1-11(12-4-6-13(17)7-5-12)18-14-8-9-15(19-2)16(10-14)20-3/h4-11,18H,1-3H3. The lowest BCUT2D eigenvalue weighted by molar-refractivity contribution is 0.355. The quantitative estimate of drug-likeness (QED) is 0.878. The second kappa shape index (κ2) is 6.53. The van der Waals surface area contributed by atoms with E-state index in [4.69, 9.17) is 21.1 Å². The first-order valence-electron chi connectivity index (χ1n) is 6.38. The summed E-state index contributed by atoms with van der Waals surface area (Å²) in [6.45, 7) is 2.10. The SMILES string of the molecule is COc1ccc(NC(C)c2ccc(Cl)cc2)cc1OC. The summed E-state index contributed by atoms with van der Waals surface area (Å²) >= 11 is 5.90. The van der Waals surface area contributed by atoms with Gasteiger partial charge in [-0.1, -0.05) is 23.7 Å². The minimum Gasteiger partial charge on any atom is -0.493 e. The van der Waals surface area contributed by atoms with Gasteiger partial charge in [-0.05, 0) is 36.8 Å². The van der Waals surface area contributed by atoms with Crippen LogP contribution in [0.5, 0.6) is 11.5 Å². The number of rotatable bonds is 5. The molecule has 3 nitrogen and oxygen atoms in total. The van der Waals surface area contributed by atoms with Crippen molar-refractivity contribution >= 4 is 17.3 Å². The molecular formula is C16H18ClNO2. The van der Waals surface area contributed by atoms with Gasteiger partial charge in [-0.3, -0.25) is 0 Å². The van der Waals surface area contributed by atoms with Crippen molar-refractivity contribution in [2.45, 2.75) is 13.0 Å². The molecule has 0 aliphatic carbocycles. The molecule has 0 amide bonds. The van der Waals surface area contributed by atoms with E-state index in [0.29, 0.717) is 5.75 Å². The fraction of sp³-hybridized carbons (Fsp3) is 0.250. The van der Waals surface area contributed by atoms with E-state index in [9.17, 15) is 0 Å². The van der Waals surface area contributed by atoms with Crippen molar-refractivity contribution < 1.29 is 9.47 Å². The Balaban J connectivity index is 2.15. The number of hydrogen-bond acceptors (Lipinski definition) is 3. The van der Waals surface area contributed by atoms with Gasteiger partial charge in [-0.25, -0.2) is 0 Å². The average molecular weight is 292 g/mol. The van der Waals surface area contributed by atoms with Crippen molar-refractivity contribution in [2.24, 2.45) is 0 Å². The minimum atomic E-state index is 0.172. The van der Waals surface area contributed by atoms with E-state index in [1.807, 2.05) is 42.5 Å². The van der Waals surface area contributed by atoms with Gasteiger partial charge in [0.1, 0.15) is 0 Å². The number of nitrogens with one attached hydrogen (secondary N) is 1. The van der Waals surface area contributed by atoms with E-state index < -0.39 is 0 Å². The van der Waals surface area contributed by atoms with Crippen LogP contribution in [-0.4, -0.2) is 14.2 Å². The van der Waals surface area contributed by atoms with Crippen molar-refractivity contribution in [3.63, 3.8) is 0 Å². The van der Waals surface area contributed by atoms with Crippen molar-refractivity contribution in [1.29, 1.82) is 0 Å². The zero-order valence-electron chi connectivity index (χ0n) is 11.8. The first-order valence-corrected chi connectivity index (χ1v) is 6.76. The fourth-order valence-electron chi connectivity index (χ4n) is 2.01. The van der Waals surface area contributed by atoms with Gasteiger partial charge >= 0.3 is 0 Å². The molecule has 0 heterocycles. The number of benzene rings is 2. The lowest BCUT2D eigenvalue weighted by atomic mass is 10.1. The Morgan fingerprint density at radius 1 is 0.950 bits per heavy atom. The highest BCUT2D eigenvalue weighted by Crippen LogP contribution is 2.31. The molecule has 0 radical (unpaired) electrons. The largest absolute Gasteiger partial charge is 0.493 e. The Morgan fingerprint density at radius 3 is 2.20 bits per heavy atom. The smallest absolute Gasteiger partial charge is 0.162 e. The summed E-state index contributed by atoms with van der Waals surface area (Å²) in [6.07, 6.45) is 0. The van der Waals surface area contributed by atoms with Crippen LogP contribution in [0.25, 0.3) is 0 Å². The molecule has 2 aromatic rings. The third-order valence-corrected chi connectivity index (χ3v) is 3.39. The van der Waals surface area contributed by atoms with Crippen molar-refractivity contribution in [3.8, 4) is 11.5 Å². The summed E-state index contributed by atoms with van der Waals surface area (Å²) in [5, 5.41) is 4.17. The highest BCUT2D eigenvalue weighted by molar-refractivity contribution is 6.30. The third-order valence-electron chi connectivity index (χ3n) is 3.14. The van der Waals surface area contributed by atoms with Crippen LogP contribution < -0.4 is 14.8 Å². The number of methoxy groups -OCH3 is 2. The van der Waals surface area contributed by atoms with Crippen LogP contribution in [0, 0.1) is 0 Å². The molecule has 2 rings (SSSR count). The summed E-state index contributed by atoms with van der Waals surface area (Å²) in [5.74, 6) is 1.43. The highest BCUT2D eigenvalue weighted by atomic mass is 35.5. The van der Waals surface area contributed by atoms with Crippen LogP contribution in [0.3, 0.4) is 0 Å². The molecule has 0 saturated carbocycles.